The standard InChI is InChI=1S/C14H18N2O4S/c1-8-4-9(6-11(5-8)21(15,18)19)14(17)16-12-7-10-2-3-13(12)20-10/h4-6,10,12-13H,2-3,7H2,1H3,(H,16,17)(H2,15,18,19). The summed E-state index contributed by atoms with van der Waals surface area (Å²) in [6, 6.07) is 4.42. The summed E-state index contributed by atoms with van der Waals surface area (Å²) in [4.78, 5) is 12.3. The highest BCUT2D eigenvalue weighted by Crippen LogP contribution is 2.34. The fourth-order valence-electron chi connectivity index (χ4n) is 3.08. The summed E-state index contributed by atoms with van der Waals surface area (Å²) in [5.74, 6) is -0.287. The summed E-state index contributed by atoms with van der Waals surface area (Å²) >= 11 is 0. The topological polar surface area (TPSA) is 98.5 Å². The van der Waals surface area contributed by atoms with Gasteiger partial charge in [0.15, 0.2) is 0 Å². The molecule has 1 aromatic rings. The molecule has 3 unspecified atom stereocenters. The van der Waals surface area contributed by atoms with Gasteiger partial charge in [0.2, 0.25) is 10.0 Å². The second kappa shape index (κ2) is 5.08. The summed E-state index contributed by atoms with van der Waals surface area (Å²) in [6.45, 7) is 1.73. The number of nitrogens with two attached hydrogens (primary N) is 1. The molecular weight excluding hydrogens is 292 g/mol. The molecule has 114 valence electrons. The number of aryl methyl sites for hydroxylation is 1. The van der Waals surface area contributed by atoms with E-state index in [1.165, 1.54) is 12.1 Å². The third-order valence-corrected chi connectivity index (χ3v) is 4.96. The SMILES string of the molecule is Cc1cc(C(=O)NC2CC3CCC2O3)cc(S(N)(=O)=O)c1. The number of carbonyl (C=O) groups is 1. The smallest absolute Gasteiger partial charge is 0.251 e. The van der Waals surface area contributed by atoms with E-state index in [4.69, 9.17) is 9.88 Å². The summed E-state index contributed by atoms with van der Waals surface area (Å²) in [5.41, 5.74) is 0.984. The zero-order valence-corrected chi connectivity index (χ0v) is 12.5. The zero-order chi connectivity index (χ0) is 15.2. The van der Waals surface area contributed by atoms with Gasteiger partial charge in [-0.3, -0.25) is 4.79 Å². The predicted octanol–water partition coefficient (Wildman–Crippen LogP) is 0.692. The van der Waals surface area contributed by atoms with Crippen LogP contribution in [-0.4, -0.2) is 32.6 Å². The number of nitrogens with one attached hydrogen (secondary N) is 1. The van der Waals surface area contributed by atoms with E-state index in [1.54, 1.807) is 13.0 Å². The first-order valence-corrected chi connectivity index (χ1v) is 8.48. The van der Waals surface area contributed by atoms with Gasteiger partial charge in [0, 0.05) is 5.56 Å². The first kappa shape index (κ1) is 14.5. The van der Waals surface area contributed by atoms with Crippen LogP contribution in [0.4, 0.5) is 0 Å². The summed E-state index contributed by atoms with van der Waals surface area (Å²) in [5, 5.41) is 8.06. The lowest BCUT2D eigenvalue weighted by Crippen LogP contribution is -2.41. The number of hydrogen-bond acceptors (Lipinski definition) is 4. The van der Waals surface area contributed by atoms with E-state index in [2.05, 4.69) is 5.32 Å². The molecule has 0 saturated carbocycles. The number of fused-ring (bicyclic) bond motifs is 2. The molecular formula is C14H18N2O4S. The van der Waals surface area contributed by atoms with E-state index in [0.29, 0.717) is 11.1 Å². The number of rotatable bonds is 3. The first-order valence-electron chi connectivity index (χ1n) is 6.94. The van der Waals surface area contributed by atoms with Crippen molar-refractivity contribution in [2.24, 2.45) is 5.14 Å². The highest BCUT2D eigenvalue weighted by atomic mass is 32.2. The predicted molar refractivity (Wildman–Crippen MR) is 76.3 cm³/mol. The summed E-state index contributed by atoms with van der Waals surface area (Å²) in [7, 11) is -3.82. The van der Waals surface area contributed by atoms with Crippen LogP contribution in [-0.2, 0) is 14.8 Å². The van der Waals surface area contributed by atoms with Crippen molar-refractivity contribution < 1.29 is 17.9 Å². The van der Waals surface area contributed by atoms with Crippen molar-refractivity contribution >= 4 is 15.9 Å². The van der Waals surface area contributed by atoms with Crippen molar-refractivity contribution in [3.8, 4) is 0 Å². The summed E-state index contributed by atoms with van der Waals surface area (Å²) < 4.78 is 28.6. The van der Waals surface area contributed by atoms with Gasteiger partial charge in [-0.15, -0.1) is 0 Å². The highest BCUT2D eigenvalue weighted by molar-refractivity contribution is 7.89. The number of benzene rings is 1. The molecule has 2 bridgehead atoms. The molecule has 3 N–H and O–H groups in total. The number of primary sulfonamides is 1. The molecule has 0 radical (unpaired) electrons. The van der Waals surface area contributed by atoms with Gasteiger partial charge in [-0.2, -0.15) is 0 Å². The minimum absolute atomic E-state index is 0.00898. The molecule has 7 heteroatoms. The van der Waals surface area contributed by atoms with Crippen LogP contribution in [0.5, 0.6) is 0 Å². The van der Waals surface area contributed by atoms with Crippen LogP contribution in [0.25, 0.3) is 0 Å². The molecule has 2 aliphatic heterocycles. The zero-order valence-electron chi connectivity index (χ0n) is 11.7. The normalized spacial score (nSPS) is 27.8. The van der Waals surface area contributed by atoms with Crippen LogP contribution in [0.3, 0.4) is 0 Å². The quantitative estimate of drug-likeness (QED) is 0.858. The van der Waals surface area contributed by atoms with Gasteiger partial charge in [-0.1, -0.05) is 0 Å². The fourth-order valence-corrected chi connectivity index (χ4v) is 3.73. The number of ether oxygens (including phenoxy) is 1. The van der Waals surface area contributed by atoms with Crippen LogP contribution in [0.1, 0.15) is 35.2 Å². The van der Waals surface area contributed by atoms with Crippen LogP contribution >= 0.6 is 0 Å². The fraction of sp³-hybridized carbons (Fsp3) is 0.500. The largest absolute Gasteiger partial charge is 0.373 e. The molecule has 1 aromatic carbocycles. The maximum Gasteiger partial charge on any atom is 0.251 e. The Bertz CT molecular complexity index is 686. The third-order valence-electron chi connectivity index (χ3n) is 4.06. The van der Waals surface area contributed by atoms with Gasteiger partial charge < -0.3 is 10.1 Å². The molecule has 2 heterocycles. The van der Waals surface area contributed by atoms with E-state index in [-0.39, 0.29) is 29.1 Å². The Balaban J connectivity index is 1.80. The Labute approximate surface area is 123 Å². The Morgan fingerprint density at radius 2 is 2.10 bits per heavy atom. The Kier molecular flexibility index (Phi) is 3.51. The lowest BCUT2D eigenvalue weighted by atomic mass is 9.95. The average molecular weight is 310 g/mol. The van der Waals surface area contributed by atoms with Gasteiger partial charge >= 0.3 is 0 Å². The van der Waals surface area contributed by atoms with Crippen molar-refractivity contribution in [1.29, 1.82) is 0 Å². The molecule has 2 fully saturated rings. The van der Waals surface area contributed by atoms with Gasteiger partial charge in [0.25, 0.3) is 5.91 Å². The van der Waals surface area contributed by atoms with E-state index < -0.39 is 10.0 Å². The molecule has 3 atom stereocenters. The minimum Gasteiger partial charge on any atom is -0.373 e. The number of amides is 1. The molecule has 1 amide bonds. The lowest BCUT2D eigenvalue weighted by molar-refractivity contribution is 0.0840. The third kappa shape index (κ3) is 2.95. The molecule has 2 aliphatic rings. The monoisotopic (exact) mass is 310 g/mol. The second-order valence-electron chi connectivity index (χ2n) is 5.77. The lowest BCUT2D eigenvalue weighted by Gasteiger charge is -2.20. The van der Waals surface area contributed by atoms with Crippen LogP contribution in [0.2, 0.25) is 0 Å². The minimum atomic E-state index is -3.82. The van der Waals surface area contributed by atoms with Crippen molar-refractivity contribution in [2.45, 2.75) is 49.3 Å². The molecule has 0 aromatic heterocycles. The van der Waals surface area contributed by atoms with Crippen molar-refractivity contribution in [3.05, 3.63) is 29.3 Å². The average Bonchev–Trinajstić information content (AvgIpc) is 2.99. The Morgan fingerprint density at radius 3 is 2.67 bits per heavy atom. The summed E-state index contributed by atoms with van der Waals surface area (Å²) in [6.07, 6.45) is 3.17. The highest BCUT2D eigenvalue weighted by Gasteiger charge is 2.41. The van der Waals surface area contributed by atoms with Crippen molar-refractivity contribution in [1.82, 2.24) is 5.32 Å². The van der Waals surface area contributed by atoms with Crippen molar-refractivity contribution in [2.75, 3.05) is 0 Å². The van der Waals surface area contributed by atoms with E-state index in [9.17, 15) is 13.2 Å². The number of sulfonamides is 1. The van der Waals surface area contributed by atoms with Gasteiger partial charge in [-0.05, 0) is 49.9 Å². The molecule has 3 rings (SSSR count). The number of hydrogen-bond donors (Lipinski definition) is 2. The maximum atomic E-state index is 12.3. The van der Waals surface area contributed by atoms with E-state index in [0.717, 1.165) is 19.3 Å². The molecule has 6 nitrogen and oxygen atoms in total. The van der Waals surface area contributed by atoms with E-state index >= 15 is 0 Å². The van der Waals surface area contributed by atoms with Crippen molar-refractivity contribution in [3.63, 3.8) is 0 Å². The molecule has 0 spiro atoms. The molecule has 2 saturated heterocycles. The molecule has 21 heavy (non-hydrogen) atoms. The van der Waals surface area contributed by atoms with Gasteiger partial charge in [0.05, 0.1) is 23.1 Å². The Hall–Kier alpha value is -1.44. The van der Waals surface area contributed by atoms with Gasteiger partial charge in [-0.25, -0.2) is 13.6 Å². The Morgan fingerprint density at radius 1 is 1.33 bits per heavy atom. The van der Waals surface area contributed by atoms with E-state index in [1.807, 2.05) is 0 Å². The van der Waals surface area contributed by atoms with Crippen LogP contribution < -0.4 is 10.5 Å². The van der Waals surface area contributed by atoms with Gasteiger partial charge in [0.1, 0.15) is 0 Å². The number of carbonyl (C=O) groups excluding carboxylic acids is 1. The molecule has 0 aliphatic carbocycles. The maximum absolute atomic E-state index is 12.3. The second-order valence-corrected chi connectivity index (χ2v) is 7.33. The van der Waals surface area contributed by atoms with Crippen LogP contribution in [0, 0.1) is 6.92 Å². The first-order chi connectivity index (χ1) is 9.83. The van der Waals surface area contributed by atoms with Crippen LogP contribution in [0.15, 0.2) is 23.1 Å².